The Bertz CT molecular complexity index is 590. The number of ether oxygens (including phenoxy) is 1. The molecule has 3 rings (SSSR count). The van der Waals surface area contributed by atoms with E-state index in [1.807, 2.05) is 12.1 Å². The van der Waals surface area contributed by atoms with E-state index in [2.05, 4.69) is 58.6 Å². The second-order valence-corrected chi connectivity index (χ2v) is 5.61. The summed E-state index contributed by atoms with van der Waals surface area (Å²) in [5.41, 5.74) is 11.1. The highest BCUT2D eigenvalue weighted by atomic mass is 16.5. The second kappa shape index (κ2) is 7.12. The van der Waals surface area contributed by atoms with E-state index in [1.165, 1.54) is 11.1 Å². The summed E-state index contributed by atoms with van der Waals surface area (Å²) >= 11 is 0. The van der Waals surface area contributed by atoms with E-state index in [0.29, 0.717) is 6.61 Å². The molecule has 1 aliphatic rings. The first-order valence-electron chi connectivity index (χ1n) is 7.64. The minimum Gasteiger partial charge on any atom is -0.377 e. The van der Waals surface area contributed by atoms with E-state index >= 15 is 0 Å². The van der Waals surface area contributed by atoms with Crippen molar-refractivity contribution in [1.82, 2.24) is 0 Å². The number of hydrogen-bond acceptors (Lipinski definition) is 2. The fourth-order valence-electron chi connectivity index (χ4n) is 3.13. The fourth-order valence-corrected chi connectivity index (χ4v) is 3.13. The van der Waals surface area contributed by atoms with Gasteiger partial charge in [-0.25, -0.2) is 0 Å². The average Bonchev–Trinajstić information content (AvgIpc) is 2.59. The van der Waals surface area contributed by atoms with Crippen LogP contribution in [0, 0.1) is 0 Å². The first-order chi connectivity index (χ1) is 10.9. The Hall–Kier alpha value is -2.29. The average molecular weight is 293 g/mol. The van der Waals surface area contributed by atoms with E-state index in [9.17, 15) is 0 Å². The minimum atomic E-state index is -0.0338. The van der Waals surface area contributed by atoms with Gasteiger partial charge in [-0.05, 0) is 29.5 Å². The smallest absolute Gasteiger partial charge is 0.0684 e. The van der Waals surface area contributed by atoms with Crippen molar-refractivity contribution >= 4 is 0 Å². The molecule has 0 amide bonds. The van der Waals surface area contributed by atoms with Crippen molar-refractivity contribution in [2.75, 3.05) is 6.61 Å². The molecule has 0 saturated carbocycles. The second-order valence-electron chi connectivity index (χ2n) is 5.61. The molecule has 2 aromatic carbocycles. The zero-order chi connectivity index (χ0) is 15.2. The Kier molecular flexibility index (Phi) is 4.74. The summed E-state index contributed by atoms with van der Waals surface area (Å²) < 4.78 is 6.05. The number of rotatable bonds is 4. The van der Waals surface area contributed by atoms with E-state index in [-0.39, 0.29) is 18.1 Å². The van der Waals surface area contributed by atoms with Crippen LogP contribution in [0.1, 0.15) is 29.9 Å². The molecule has 0 aliphatic carbocycles. The maximum atomic E-state index is 8.55. The molecule has 2 atom stereocenters. The van der Waals surface area contributed by atoms with Gasteiger partial charge in [-0.15, -0.1) is 0 Å². The van der Waals surface area contributed by atoms with Crippen molar-refractivity contribution in [3.8, 4) is 0 Å². The van der Waals surface area contributed by atoms with Crippen molar-refractivity contribution in [1.29, 1.82) is 0 Å². The van der Waals surface area contributed by atoms with E-state index in [1.54, 1.807) is 0 Å². The third-order valence-electron chi connectivity index (χ3n) is 4.19. The molecule has 0 N–H and O–H groups in total. The van der Waals surface area contributed by atoms with Crippen LogP contribution in [0.3, 0.4) is 0 Å². The van der Waals surface area contributed by atoms with Gasteiger partial charge >= 0.3 is 0 Å². The van der Waals surface area contributed by atoms with Crippen molar-refractivity contribution in [2.24, 2.45) is 5.11 Å². The highest BCUT2D eigenvalue weighted by Gasteiger charge is 2.30. The van der Waals surface area contributed by atoms with Gasteiger partial charge in [-0.3, -0.25) is 0 Å². The van der Waals surface area contributed by atoms with E-state index in [0.717, 1.165) is 12.8 Å². The third kappa shape index (κ3) is 3.30. The maximum absolute atomic E-state index is 8.55. The molecule has 112 valence electrons. The van der Waals surface area contributed by atoms with Crippen LogP contribution in [0.4, 0.5) is 0 Å². The summed E-state index contributed by atoms with van der Waals surface area (Å²) in [7, 11) is 0. The molecule has 1 aliphatic heterocycles. The molecule has 0 aromatic heterocycles. The standard InChI is InChI=1S/C18H19N3O/c19-21-20-16-11-12-17(22-13-16)18(14-7-3-1-4-8-14)15-9-5-2-6-10-15/h1-10,16-18H,11-13H2/t16-,17-/m1/s1. The van der Waals surface area contributed by atoms with Gasteiger partial charge in [0.15, 0.2) is 0 Å². The van der Waals surface area contributed by atoms with Gasteiger partial charge in [0, 0.05) is 10.8 Å². The topological polar surface area (TPSA) is 58.0 Å². The van der Waals surface area contributed by atoms with Gasteiger partial charge in [0.25, 0.3) is 0 Å². The zero-order valence-corrected chi connectivity index (χ0v) is 12.4. The molecular weight excluding hydrogens is 274 g/mol. The first kappa shape index (κ1) is 14.6. The Morgan fingerprint density at radius 1 is 0.955 bits per heavy atom. The lowest BCUT2D eigenvalue weighted by Crippen LogP contribution is -2.33. The van der Waals surface area contributed by atoms with Gasteiger partial charge in [0.05, 0.1) is 18.8 Å². The first-order valence-corrected chi connectivity index (χ1v) is 7.64. The molecule has 2 aromatic rings. The van der Waals surface area contributed by atoms with Crippen LogP contribution in [0.25, 0.3) is 10.4 Å². The van der Waals surface area contributed by atoms with Crippen molar-refractivity contribution in [3.05, 3.63) is 82.2 Å². The van der Waals surface area contributed by atoms with Crippen LogP contribution in [0.15, 0.2) is 65.8 Å². The molecule has 0 spiro atoms. The van der Waals surface area contributed by atoms with Crippen molar-refractivity contribution in [2.45, 2.75) is 30.9 Å². The molecule has 4 nitrogen and oxygen atoms in total. The monoisotopic (exact) mass is 293 g/mol. The van der Waals surface area contributed by atoms with Gasteiger partial charge in [0.1, 0.15) is 0 Å². The predicted octanol–water partition coefficient (Wildman–Crippen LogP) is 4.68. The molecule has 0 radical (unpaired) electrons. The number of nitrogens with zero attached hydrogens (tertiary/aromatic N) is 3. The molecular formula is C18H19N3O. The Morgan fingerprint density at radius 3 is 2.00 bits per heavy atom. The van der Waals surface area contributed by atoms with Crippen LogP contribution in [-0.2, 0) is 4.74 Å². The van der Waals surface area contributed by atoms with Crippen LogP contribution in [0.2, 0.25) is 0 Å². The zero-order valence-electron chi connectivity index (χ0n) is 12.4. The van der Waals surface area contributed by atoms with Crippen LogP contribution in [-0.4, -0.2) is 18.8 Å². The van der Waals surface area contributed by atoms with Gasteiger partial charge in [-0.1, -0.05) is 65.8 Å². The maximum Gasteiger partial charge on any atom is 0.0684 e. The molecule has 1 fully saturated rings. The number of hydrogen-bond donors (Lipinski definition) is 0. The van der Waals surface area contributed by atoms with Crippen LogP contribution < -0.4 is 0 Å². The quantitative estimate of drug-likeness (QED) is 0.459. The molecule has 0 bridgehead atoms. The van der Waals surface area contributed by atoms with Gasteiger partial charge in [-0.2, -0.15) is 0 Å². The number of azide groups is 1. The summed E-state index contributed by atoms with van der Waals surface area (Å²) in [6.07, 6.45) is 1.90. The summed E-state index contributed by atoms with van der Waals surface area (Å²) in [6, 6.07) is 20.9. The van der Waals surface area contributed by atoms with Crippen LogP contribution in [0.5, 0.6) is 0 Å². The summed E-state index contributed by atoms with van der Waals surface area (Å²) in [4.78, 5) is 2.89. The SMILES string of the molecule is [N-]=[N+]=N[C@@H]1CC[C@H](C(c2ccccc2)c2ccccc2)OC1. The lowest BCUT2D eigenvalue weighted by Gasteiger charge is -2.33. The molecule has 1 heterocycles. The third-order valence-corrected chi connectivity index (χ3v) is 4.19. The lowest BCUT2D eigenvalue weighted by atomic mass is 9.83. The molecule has 4 heteroatoms. The van der Waals surface area contributed by atoms with Crippen LogP contribution >= 0.6 is 0 Å². The molecule has 1 saturated heterocycles. The Labute approximate surface area is 130 Å². The van der Waals surface area contributed by atoms with E-state index in [4.69, 9.17) is 10.3 Å². The van der Waals surface area contributed by atoms with Gasteiger partial charge in [0.2, 0.25) is 0 Å². The van der Waals surface area contributed by atoms with Crippen molar-refractivity contribution in [3.63, 3.8) is 0 Å². The van der Waals surface area contributed by atoms with E-state index < -0.39 is 0 Å². The largest absolute Gasteiger partial charge is 0.377 e. The van der Waals surface area contributed by atoms with Crippen molar-refractivity contribution < 1.29 is 4.74 Å². The Morgan fingerprint density at radius 2 is 1.55 bits per heavy atom. The number of benzene rings is 2. The Balaban J connectivity index is 1.86. The lowest BCUT2D eigenvalue weighted by molar-refractivity contribution is -0.00362. The molecule has 22 heavy (non-hydrogen) atoms. The highest BCUT2D eigenvalue weighted by molar-refractivity contribution is 5.34. The fraction of sp³-hybridized carbons (Fsp3) is 0.333. The normalized spacial score (nSPS) is 21.3. The molecule has 0 unspecified atom stereocenters. The van der Waals surface area contributed by atoms with Gasteiger partial charge < -0.3 is 4.74 Å². The summed E-state index contributed by atoms with van der Waals surface area (Å²) in [5, 5.41) is 3.78. The summed E-state index contributed by atoms with van der Waals surface area (Å²) in [6.45, 7) is 0.505. The minimum absolute atomic E-state index is 0.0338. The summed E-state index contributed by atoms with van der Waals surface area (Å²) in [5.74, 6) is 0.217. The highest BCUT2D eigenvalue weighted by Crippen LogP contribution is 2.34. The predicted molar refractivity (Wildman–Crippen MR) is 86.6 cm³/mol.